The molecule has 2 aromatic rings. The van der Waals surface area contributed by atoms with Gasteiger partial charge in [0.05, 0.1) is 13.2 Å². The van der Waals surface area contributed by atoms with Crippen LogP contribution in [0.15, 0.2) is 42.0 Å². The van der Waals surface area contributed by atoms with Gasteiger partial charge in [0.2, 0.25) is 0 Å². The Labute approximate surface area is 123 Å². The summed E-state index contributed by atoms with van der Waals surface area (Å²) >= 11 is 0. The summed E-state index contributed by atoms with van der Waals surface area (Å²) in [5, 5.41) is 2.23. The van der Waals surface area contributed by atoms with Gasteiger partial charge in [0, 0.05) is 36.2 Å². The number of hydrogen-bond donors (Lipinski definition) is 0. The Morgan fingerprint density at radius 3 is 2.62 bits per heavy atom. The molecule has 1 aliphatic heterocycles. The molecule has 0 N–H and O–H groups in total. The maximum Gasteiger partial charge on any atom is 0.190 e. The number of benzene rings is 2. The van der Waals surface area contributed by atoms with Gasteiger partial charge in [-0.1, -0.05) is 36.4 Å². The third-order valence-electron chi connectivity index (χ3n) is 4.30. The first-order valence-corrected chi connectivity index (χ1v) is 7.40. The van der Waals surface area contributed by atoms with Gasteiger partial charge in [0.1, 0.15) is 0 Å². The third kappa shape index (κ3) is 2.19. The highest BCUT2D eigenvalue weighted by Gasteiger charge is 2.23. The Morgan fingerprint density at radius 2 is 1.81 bits per heavy atom. The zero-order valence-electron chi connectivity index (χ0n) is 11.8. The molecule has 106 valence electrons. The molecule has 0 bridgehead atoms. The molecule has 0 unspecified atom stereocenters. The lowest BCUT2D eigenvalue weighted by atomic mass is 9.88. The van der Waals surface area contributed by atoms with Crippen molar-refractivity contribution in [2.45, 2.75) is 0 Å². The molecule has 2 aliphatic rings. The molecule has 0 atom stereocenters. The van der Waals surface area contributed by atoms with E-state index in [1.54, 1.807) is 0 Å². The molecule has 0 saturated carbocycles. The van der Waals surface area contributed by atoms with E-state index in [0.717, 1.165) is 53.8 Å². The van der Waals surface area contributed by atoms with Gasteiger partial charge >= 0.3 is 0 Å². The highest BCUT2D eigenvalue weighted by molar-refractivity contribution is 6.22. The van der Waals surface area contributed by atoms with E-state index in [9.17, 15) is 4.79 Å². The normalized spacial score (nSPS) is 18.9. The first-order chi connectivity index (χ1) is 10.3. The molecule has 0 radical (unpaired) electrons. The van der Waals surface area contributed by atoms with Crippen LogP contribution in [0.3, 0.4) is 0 Å². The fourth-order valence-corrected chi connectivity index (χ4v) is 3.22. The molecular weight excluding hydrogens is 262 g/mol. The second-order valence-corrected chi connectivity index (χ2v) is 5.64. The molecular formula is C18H17NO2. The third-order valence-corrected chi connectivity index (χ3v) is 4.30. The average molecular weight is 279 g/mol. The maximum absolute atomic E-state index is 12.8. The van der Waals surface area contributed by atoms with Crippen LogP contribution < -0.4 is 0 Å². The van der Waals surface area contributed by atoms with Crippen molar-refractivity contribution in [2.24, 2.45) is 0 Å². The predicted molar refractivity (Wildman–Crippen MR) is 83.5 cm³/mol. The van der Waals surface area contributed by atoms with Gasteiger partial charge in [0.15, 0.2) is 5.78 Å². The monoisotopic (exact) mass is 279 g/mol. The number of Topliss-reactive ketones (excluding diaryl/α,β-unsaturated/α-hetero) is 1. The lowest BCUT2D eigenvalue weighted by Gasteiger charge is -2.28. The number of hydrogen-bond acceptors (Lipinski definition) is 3. The van der Waals surface area contributed by atoms with Gasteiger partial charge in [0.25, 0.3) is 0 Å². The SMILES string of the molecule is O=C1C(CN2CCOCC2)=Cc2cccc3cccc1c23. The van der Waals surface area contributed by atoms with E-state index in [0.29, 0.717) is 6.54 Å². The van der Waals surface area contributed by atoms with Crippen LogP contribution in [0, 0.1) is 0 Å². The van der Waals surface area contributed by atoms with E-state index in [2.05, 4.69) is 35.2 Å². The van der Waals surface area contributed by atoms with Gasteiger partial charge in [-0.05, 0) is 17.0 Å². The van der Waals surface area contributed by atoms with Crippen LogP contribution in [-0.4, -0.2) is 43.5 Å². The van der Waals surface area contributed by atoms with E-state index in [-0.39, 0.29) is 5.78 Å². The van der Waals surface area contributed by atoms with Gasteiger partial charge < -0.3 is 4.74 Å². The van der Waals surface area contributed by atoms with Gasteiger partial charge in [-0.15, -0.1) is 0 Å². The van der Waals surface area contributed by atoms with E-state index >= 15 is 0 Å². The average Bonchev–Trinajstić information content (AvgIpc) is 2.53. The molecule has 21 heavy (non-hydrogen) atoms. The van der Waals surface area contributed by atoms with E-state index in [1.807, 2.05) is 12.1 Å². The summed E-state index contributed by atoms with van der Waals surface area (Å²) in [6, 6.07) is 12.2. The van der Waals surface area contributed by atoms with Crippen molar-refractivity contribution in [3.05, 3.63) is 53.1 Å². The van der Waals surface area contributed by atoms with Crippen LogP contribution in [0.25, 0.3) is 16.8 Å². The van der Waals surface area contributed by atoms with Crippen LogP contribution >= 0.6 is 0 Å². The number of carbonyl (C=O) groups is 1. The fourth-order valence-electron chi connectivity index (χ4n) is 3.22. The van der Waals surface area contributed by atoms with Crippen LogP contribution in [0.4, 0.5) is 0 Å². The van der Waals surface area contributed by atoms with Crippen molar-refractivity contribution in [2.75, 3.05) is 32.8 Å². The minimum atomic E-state index is 0.172. The summed E-state index contributed by atoms with van der Waals surface area (Å²) < 4.78 is 5.37. The highest BCUT2D eigenvalue weighted by Crippen LogP contribution is 2.31. The molecule has 0 amide bonds. The highest BCUT2D eigenvalue weighted by atomic mass is 16.5. The van der Waals surface area contributed by atoms with Crippen molar-refractivity contribution in [1.82, 2.24) is 4.90 Å². The van der Waals surface area contributed by atoms with Crippen molar-refractivity contribution in [3.8, 4) is 0 Å². The number of nitrogens with zero attached hydrogens (tertiary/aromatic N) is 1. The summed E-state index contributed by atoms with van der Waals surface area (Å²) in [6.45, 7) is 4.03. The second-order valence-electron chi connectivity index (χ2n) is 5.64. The Morgan fingerprint density at radius 1 is 1.05 bits per heavy atom. The smallest absolute Gasteiger partial charge is 0.190 e. The molecule has 0 aromatic heterocycles. The number of morpholine rings is 1. The summed E-state index contributed by atoms with van der Waals surface area (Å²) in [4.78, 5) is 15.0. The zero-order valence-corrected chi connectivity index (χ0v) is 11.8. The summed E-state index contributed by atoms with van der Waals surface area (Å²) in [7, 11) is 0. The van der Waals surface area contributed by atoms with E-state index in [4.69, 9.17) is 4.74 Å². The molecule has 1 aliphatic carbocycles. The predicted octanol–water partition coefficient (Wildman–Crippen LogP) is 2.75. The first kappa shape index (κ1) is 12.7. The summed E-state index contributed by atoms with van der Waals surface area (Å²) in [5.41, 5.74) is 2.89. The van der Waals surface area contributed by atoms with Gasteiger partial charge in [-0.25, -0.2) is 0 Å². The molecule has 3 heteroatoms. The first-order valence-electron chi connectivity index (χ1n) is 7.40. The largest absolute Gasteiger partial charge is 0.379 e. The summed E-state index contributed by atoms with van der Waals surface area (Å²) in [6.07, 6.45) is 2.06. The molecule has 4 rings (SSSR count). The van der Waals surface area contributed by atoms with Gasteiger partial charge in [-0.2, -0.15) is 0 Å². The molecule has 1 heterocycles. The second kappa shape index (κ2) is 5.10. The number of rotatable bonds is 2. The molecule has 0 spiro atoms. The molecule has 3 nitrogen and oxygen atoms in total. The van der Waals surface area contributed by atoms with Crippen molar-refractivity contribution < 1.29 is 9.53 Å². The summed E-state index contributed by atoms with van der Waals surface area (Å²) in [5.74, 6) is 0.172. The number of ketones is 1. The molecule has 1 saturated heterocycles. The quantitative estimate of drug-likeness (QED) is 0.846. The lowest BCUT2D eigenvalue weighted by Crippen LogP contribution is -2.38. The van der Waals surface area contributed by atoms with Crippen LogP contribution in [0.2, 0.25) is 0 Å². The van der Waals surface area contributed by atoms with Crippen molar-refractivity contribution >= 4 is 22.6 Å². The number of carbonyl (C=O) groups excluding carboxylic acids is 1. The van der Waals surface area contributed by atoms with Gasteiger partial charge in [-0.3, -0.25) is 9.69 Å². The van der Waals surface area contributed by atoms with Crippen molar-refractivity contribution in [3.63, 3.8) is 0 Å². The topological polar surface area (TPSA) is 29.5 Å². The fraction of sp³-hybridized carbons (Fsp3) is 0.278. The lowest BCUT2D eigenvalue weighted by molar-refractivity contribution is 0.0419. The Balaban J connectivity index is 1.75. The number of ether oxygens (including phenoxy) is 1. The minimum Gasteiger partial charge on any atom is -0.379 e. The molecule has 2 aromatic carbocycles. The van der Waals surface area contributed by atoms with Crippen LogP contribution in [0.1, 0.15) is 15.9 Å². The Kier molecular flexibility index (Phi) is 3.09. The van der Waals surface area contributed by atoms with Crippen LogP contribution in [-0.2, 0) is 4.74 Å². The molecule has 1 fully saturated rings. The van der Waals surface area contributed by atoms with Crippen LogP contribution in [0.5, 0.6) is 0 Å². The van der Waals surface area contributed by atoms with E-state index < -0.39 is 0 Å². The minimum absolute atomic E-state index is 0.172. The zero-order chi connectivity index (χ0) is 14.2. The Bertz CT molecular complexity index is 737. The van der Waals surface area contributed by atoms with E-state index in [1.165, 1.54) is 0 Å². The Hall–Kier alpha value is -1.97. The standard InChI is InChI=1S/C18H17NO2/c20-18-15(12-19-7-9-21-10-8-19)11-14-5-1-3-13-4-2-6-16(18)17(13)14/h1-6,11H,7-10,12H2. The van der Waals surface area contributed by atoms with Crippen molar-refractivity contribution in [1.29, 1.82) is 0 Å². The maximum atomic E-state index is 12.8.